The molecule has 26 heavy (non-hydrogen) atoms. The van der Waals surface area contributed by atoms with Gasteiger partial charge in [-0.15, -0.1) is 0 Å². The van der Waals surface area contributed by atoms with E-state index in [1.54, 1.807) is 18.2 Å². The fraction of sp³-hybridized carbons (Fsp3) is 0.316. The van der Waals surface area contributed by atoms with E-state index in [1.165, 1.54) is 18.2 Å². The maximum atomic E-state index is 13.9. The lowest BCUT2D eigenvalue weighted by atomic mass is 9.97. The minimum absolute atomic E-state index is 0.0408. The van der Waals surface area contributed by atoms with Crippen LogP contribution in [0, 0.1) is 18.6 Å². The Bertz CT molecular complexity index is 812. The summed E-state index contributed by atoms with van der Waals surface area (Å²) in [6.07, 6.45) is -3.18. The quantitative estimate of drug-likeness (QED) is 0.386. The van der Waals surface area contributed by atoms with Crippen LogP contribution in [-0.4, -0.2) is 24.8 Å². The lowest BCUT2D eigenvalue weighted by molar-refractivity contribution is -0.140. The van der Waals surface area contributed by atoms with Gasteiger partial charge in [0.1, 0.15) is 11.6 Å². The van der Waals surface area contributed by atoms with E-state index in [0.717, 1.165) is 18.7 Å². The molecule has 0 aliphatic heterocycles. The van der Waals surface area contributed by atoms with E-state index in [9.17, 15) is 22.0 Å². The van der Waals surface area contributed by atoms with Crippen LogP contribution in [0.25, 0.3) is 0 Å². The fourth-order valence-electron chi connectivity index (χ4n) is 2.40. The van der Waals surface area contributed by atoms with Gasteiger partial charge in [-0.05, 0) is 61.2 Å². The van der Waals surface area contributed by atoms with E-state index < -0.39 is 23.4 Å². The van der Waals surface area contributed by atoms with Crippen molar-refractivity contribution < 1.29 is 22.0 Å². The first-order valence-electron chi connectivity index (χ1n) is 8.01. The number of hydrogen-bond acceptors (Lipinski definition) is 1. The summed E-state index contributed by atoms with van der Waals surface area (Å²) in [5.41, 5.74) is 0.472. The molecule has 2 aromatic rings. The minimum Gasteiger partial charge on any atom is -0.366 e. The SMILES string of the molecule is CCN(C)/C=N/c1cc(F)cc(Cc2ccc(F)c(C(F)(F)F)c2)c1C. The van der Waals surface area contributed by atoms with Crippen LogP contribution in [0.5, 0.6) is 0 Å². The zero-order valence-corrected chi connectivity index (χ0v) is 14.7. The largest absolute Gasteiger partial charge is 0.419 e. The molecule has 0 bridgehead atoms. The summed E-state index contributed by atoms with van der Waals surface area (Å²) in [6, 6.07) is 5.33. The van der Waals surface area contributed by atoms with Gasteiger partial charge in [-0.2, -0.15) is 13.2 Å². The molecule has 2 nitrogen and oxygen atoms in total. The zero-order chi connectivity index (χ0) is 19.5. The number of rotatable bonds is 5. The van der Waals surface area contributed by atoms with E-state index in [0.29, 0.717) is 16.8 Å². The van der Waals surface area contributed by atoms with Crippen LogP contribution < -0.4 is 0 Å². The molecule has 0 atom stereocenters. The normalized spacial score (nSPS) is 12.0. The highest BCUT2D eigenvalue weighted by Crippen LogP contribution is 2.33. The van der Waals surface area contributed by atoms with Crippen LogP contribution in [0.3, 0.4) is 0 Å². The second-order valence-corrected chi connectivity index (χ2v) is 6.02. The molecule has 0 amide bonds. The molecule has 7 heteroatoms. The van der Waals surface area contributed by atoms with Crippen LogP contribution in [0.1, 0.15) is 29.2 Å². The van der Waals surface area contributed by atoms with Gasteiger partial charge < -0.3 is 4.90 Å². The van der Waals surface area contributed by atoms with Gasteiger partial charge in [-0.1, -0.05) is 6.07 Å². The van der Waals surface area contributed by atoms with Gasteiger partial charge in [-0.3, -0.25) is 0 Å². The molecule has 2 aromatic carbocycles. The average Bonchev–Trinajstić information content (AvgIpc) is 2.56. The van der Waals surface area contributed by atoms with Crippen molar-refractivity contribution in [2.45, 2.75) is 26.4 Å². The Labute approximate surface area is 149 Å². The number of alkyl halides is 3. The first-order chi connectivity index (χ1) is 12.1. The standard InChI is InChI=1S/C19H19F5N2/c1-4-26(3)11-25-18-10-15(20)9-14(12(18)2)7-13-5-6-17(21)16(8-13)19(22,23)24/h5-6,8-11H,4,7H2,1-3H3/b25-11+. The number of nitrogens with zero attached hydrogens (tertiary/aromatic N) is 2. The molecular formula is C19H19F5N2. The Hall–Kier alpha value is -2.44. The second kappa shape index (κ2) is 7.85. The number of hydrogen-bond donors (Lipinski definition) is 0. The summed E-state index contributed by atoms with van der Waals surface area (Å²) in [7, 11) is 1.82. The van der Waals surface area contributed by atoms with Crippen molar-refractivity contribution in [1.82, 2.24) is 4.90 Å². The molecule has 0 saturated carbocycles. The van der Waals surface area contributed by atoms with Crippen LogP contribution in [0.15, 0.2) is 35.3 Å². The van der Waals surface area contributed by atoms with Gasteiger partial charge in [0.2, 0.25) is 0 Å². The summed E-state index contributed by atoms with van der Waals surface area (Å²) in [6.45, 7) is 4.38. The molecule has 0 spiro atoms. The molecule has 0 saturated heterocycles. The van der Waals surface area contributed by atoms with Crippen molar-refractivity contribution in [3.63, 3.8) is 0 Å². The highest BCUT2D eigenvalue weighted by molar-refractivity contribution is 5.64. The third kappa shape index (κ3) is 4.80. The van der Waals surface area contributed by atoms with E-state index in [4.69, 9.17) is 0 Å². The molecule has 0 heterocycles. The summed E-state index contributed by atoms with van der Waals surface area (Å²) in [5, 5.41) is 0. The Morgan fingerprint density at radius 3 is 2.42 bits per heavy atom. The summed E-state index contributed by atoms with van der Waals surface area (Å²) in [4.78, 5) is 6.04. The van der Waals surface area contributed by atoms with Crippen molar-refractivity contribution in [3.8, 4) is 0 Å². The summed E-state index contributed by atoms with van der Waals surface area (Å²) < 4.78 is 65.9. The molecule has 0 aromatic heterocycles. The maximum absolute atomic E-state index is 13.9. The van der Waals surface area contributed by atoms with Gasteiger partial charge in [0.25, 0.3) is 0 Å². The van der Waals surface area contributed by atoms with Crippen LogP contribution in [-0.2, 0) is 12.6 Å². The first kappa shape index (κ1) is 19.9. The van der Waals surface area contributed by atoms with Gasteiger partial charge in [0, 0.05) is 13.6 Å². The minimum atomic E-state index is -4.78. The lowest BCUT2D eigenvalue weighted by Gasteiger charge is -2.13. The van der Waals surface area contributed by atoms with Crippen LogP contribution >= 0.6 is 0 Å². The fourth-order valence-corrected chi connectivity index (χ4v) is 2.40. The molecule has 0 fully saturated rings. The Balaban J connectivity index is 2.39. The van der Waals surface area contributed by atoms with Crippen LogP contribution in [0.2, 0.25) is 0 Å². The van der Waals surface area contributed by atoms with Crippen molar-refractivity contribution in [1.29, 1.82) is 0 Å². The van der Waals surface area contributed by atoms with E-state index in [-0.39, 0.29) is 12.0 Å². The van der Waals surface area contributed by atoms with Gasteiger partial charge >= 0.3 is 6.18 Å². The molecule has 0 radical (unpaired) electrons. The molecule has 0 aliphatic rings. The third-order valence-electron chi connectivity index (χ3n) is 4.08. The molecule has 2 rings (SSSR count). The van der Waals surface area contributed by atoms with Gasteiger partial charge in [0.15, 0.2) is 0 Å². The topological polar surface area (TPSA) is 15.6 Å². The first-order valence-corrected chi connectivity index (χ1v) is 8.01. The van der Waals surface area contributed by atoms with Gasteiger partial charge in [0.05, 0.1) is 17.6 Å². The van der Waals surface area contributed by atoms with Crippen molar-refractivity contribution in [2.24, 2.45) is 4.99 Å². The van der Waals surface area contributed by atoms with Crippen molar-refractivity contribution in [3.05, 3.63) is 64.2 Å². The molecule has 0 unspecified atom stereocenters. The van der Waals surface area contributed by atoms with Gasteiger partial charge in [-0.25, -0.2) is 13.8 Å². The number of aliphatic imine (C=N–C) groups is 1. The lowest BCUT2D eigenvalue weighted by Crippen LogP contribution is -2.14. The molecule has 140 valence electrons. The summed E-state index contributed by atoms with van der Waals surface area (Å²) >= 11 is 0. The monoisotopic (exact) mass is 370 g/mol. The second-order valence-electron chi connectivity index (χ2n) is 6.02. The average molecular weight is 370 g/mol. The zero-order valence-electron chi connectivity index (χ0n) is 14.7. The number of halogens is 5. The third-order valence-corrected chi connectivity index (χ3v) is 4.08. The molecule has 0 N–H and O–H groups in total. The predicted molar refractivity (Wildman–Crippen MR) is 91.8 cm³/mol. The Kier molecular flexibility index (Phi) is 6.00. The molecular weight excluding hydrogens is 351 g/mol. The highest BCUT2D eigenvalue weighted by Gasteiger charge is 2.34. The Morgan fingerprint density at radius 2 is 1.81 bits per heavy atom. The molecule has 0 aliphatic carbocycles. The number of benzene rings is 2. The van der Waals surface area contributed by atoms with Crippen molar-refractivity contribution >= 4 is 12.0 Å². The smallest absolute Gasteiger partial charge is 0.366 e. The van der Waals surface area contributed by atoms with E-state index >= 15 is 0 Å². The Morgan fingerprint density at radius 1 is 1.12 bits per heavy atom. The maximum Gasteiger partial charge on any atom is 0.419 e. The predicted octanol–water partition coefficient (Wildman–Crippen LogP) is 5.49. The van der Waals surface area contributed by atoms with Crippen molar-refractivity contribution in [2.75, 3.05) is 13.6 Å². The van der Waals surface area contributed by atoms with E-state index in [2.05, 4.69) is 4.99 Å². The highest BCUT2D eigenvalue weighted by atomic mass is 19.4. The van der Waals surface area contributed by atoms with Crippen LogP contribution in [0.4, 0.5) is 27.6 Å². The summed E-state index contributed by atoms with van der Waals surface area (Å²) in [5.74, 6) is -1.86. The van der Waals surface area contributed by atoms with E-state index in [1.807, 2.05) is 14.0 Å².